The number of hydrogen-bond acceptors (Lipinski definition) is 4. The van der Waals surface area contributed by atoms with Gasteiger partial charge in [0.25, 0.3) is 11.8 Å². The van der Waals surface area contributed by atoms with Crippen molar-refractivity contribution in [2.75, 3.05) is 22.1 Å². The van der Waals surface area contributed by atoms with Crippen LogP contribution in [0.4, 0.5) is 15.8 Å². The van der Waals surface area contributed by atoms with Crippen LogP contribution in [0.25, 0.3) is 11.1 Å². The van der Waals surface area contributed by atoms with Crippen LogP contribution >= 0.6 is 11.6 Å². The van der Waals surface area contributed by atoms with Crippen molar-refractivity contribution in [2.45, 2.75) is 0 Å². The van der Waals surface area contributed by atoms with Gasteiger partial charge >= 0.3 is 5.97 Å². The van der Waals surface area contributed by atoms with E-state index in [1.807, 2.05) is 0 Å². The number of hydrogen-bond donors (Lipinski definition) is 3. The van der Waals surface area contributed by atoms with E-state index >= 15 is 0 Å². The van der Waals surface area contributed by atoms with Crippen LogP contribution in [0.1, 0.15) is 10.4 Å². The first-order valence-electron chi connectivity index (χ1n) is 9.55. The monoisotopic (exact) mass is 488 g/mol. The number of anilines is 2. The average molecular weight is 489 g/mol. The van der Waals surface area contributed by atoms with Crippen LogP contribution in [-0.4, -0.2) is 38.9 Å². The third kappa shape index (κ3) is 7.04. The fourth-order valence-corrected chi connectivity index (χ4v) is 3.95. The fourth-order valence-electron chi connectivity index (χ4n) is 2.95. The van der Waals surface area contributed by atoms with Gasteiger partial charge in [-0.15, -0.1) is 0 Å². The van der Waals surface area contributed by atoms with E-state index in [0.717, 1.165) is 11.1 Å². The van der Waals surface area contributed by atoms with E-state index in [1.54, 1.807) is 36.4 Å². The Morgan fingerprint density at radius 3 is 2.24 bits per heavy atom. The van der Waals surface area contributed by atoms with Crippen molar-refractivity contribution < 1.29 is 28.4 Å². The van der Waals surface area contributed by atoms with E-state index in [9.17, 15) is 28.4 Å². The lowest BCUT2D eigenvalue weighted by Crippen LogP contribution is -2.30. The van der Waals surface area contributed by atoms with Crippen molar-refractivity contribution in [3.05, 3.63) is 83.1 Å². The highest BCUT2D eigenvalue weighted by Crippen LogP contribution is 2.23. The number of rotatable bonds is 8. The molecule has 1 atom stereocenters. The van der Waals surface area contributed by atoms with E-state index in [0.29, 0.717) is 5.69 Å². The van der Waals surface area contributed by atoms with Gasteiger partial charge in [-0.2, -0.15) is 0 Å². The minimum atomic E-state index is -1.83. The first kappa shape index (κ1) is 24.2. The molecule has 0 aliphatic heterocycles. The Morgan fingerprint density at radius 2 is 1.58 bits per heavy atom. The van der Waals surface area contributed by atoms with Crippen molar-refractivity contribution in [1.29, 1.82) is 0 Å². The van der Waals surface area contributed by atoms with Gasteiger partial charge in [-0.3, -0.25) is 9.59 Å². The summed E-state index contributed by atoms with van der Waals surface area (Å²) >= 11 is 3.94. The largest absolute Gasteiger partial charge is 0.616 e. The minimum Gasteiger partial charge on any atom is -0.616 e. The first-order chi connectivity index (χ1) is 15.7. The summed E-state index contributed by atoms with van der Waals surface area (Å²) in [6.45, 7) is 0. The number of aromatic carboxylic acids is 1. The molecule has 3 aromatic rings. The zero-order valence-corrected chi connectivity index (χ0v) is 18.6. The molecule has 0 radical (unpaired) electrons. The number of carbonyl (C=O) groups excluding carboxylic acids is 2. The van der Waals surface area contributed by atoms with E-state index in [-0.39, 0.29) is 22.1 Å². The predicted molar refractivity (Wildman–Crippen MR) is 125 cm³/mol. The van der Waals surface area contributed by atoms with Crippen molar-refractivity contribution in [1.82, 2.24) is 0 Å². The second-order valence-corrected chi connectivity index (χ2v) is 8.80. The van der Waals surface area contributed by atoms with Crippen LogP contribution in [0.15, 0.2) is 66.7 Å². The lowest BCUT2D eigenvalue weighted by atomic mass is 10.1. The van der Waals surface area contributed by atoms with Crippen LogP contribution in [0.2, 0.25) is 5.02 Å². The van der Waals surface area contributed by atoms with Gasteiger partial charge in [0, 0.05) is 10.7 Å². The van der Waals surface area contributed by atoms with Gasteiger partial charge < -0.3 is 20.3 Å². The van der Waals surface area contributed by atoms with Crippen molar-refractivity contribution >= 4 is 51.9 Å². The molecule has 0 heterocycles. The Bertz CT molecular complexity index is 1190. The molecule has 0 spiro atoms. The van der Waals surface area contributed by atoms with Crippen LogP contribution in [0.3, 0.4) is 0 Å². The zero-order valence-electron chi connectivity index (χ0n) is 17.0. The molecule has 3 N–H and O–H groups in total. The van der Waals surface area contributed by atoms with Crippen LogP contribution in [0, 0.1) is 5.82 Å². The second kappa shape index (κ2) is 11.0. The molecule has 0 aromatic heterocycles. The molecule has 0 aliphatic carbocycles. The molecular weight excluding hydrogens is 471 g/mol. The van der Waals surface area contributed by atoms with Crippen LogP contribution in [0.5, 0.6) is 0 Å². The Morgan fingerprint density at radius 1 is 0.909 bits per heavy atom. The number of nitrogens with one attached hydrogen (secondary N) is 2. The second-order valence-electron chi connectivity index (χ2n) is 6.91. The zero-order chi connectivity index (χ0) is 24.0. The van der Waals surface area contributed by atoms with Gasteiger partial charge in [-0.1, -0.05) is 35.9 Å². The molecule has 0 bridgehead atoms. The van der Waals surface area contributed by atoms with E-state index in [4.69, 9.17) is 11.6 Å². The maximum atomic E-state index is 13.1. The SMILES string of the molecule is O=C(C[S+]([O-])CC(=O)Nc1ccc(Cl)cc1C(=O)O)Nc1cccc(-c2ccc(F)cc2)c1. The van der Waals surface area contributed by atoms with Crippen LogP contribution in [-0.2, 0) is 20.8 Å². The molecular formula is C23H18ClFN2O5S. The first-order valence-corrected chi connectivity index (χ1v) is 11.4. The Balaban J connectivity index is 1.56. The Kier molecular flexibility index (Phi) is 8.05. The molecule has 10 heteroatoms. The summed E-state index contributed by atoms with van der Waals surface area (Å²) in [4.78, 5) is 35.7. The maximum Gasteiger partial charge on any atom is 0.337 e. The summed E-state index contributed by atoms with van der Waals surface area (Å²) in [5, 5.41) is 14.4. The smallest absolute Gasteiger partial charge is 0.337 e. The normalized spacial score (nSPS) is 11.5. The van der Waals surface area contributed by atoms with Gasteiger partial charge in [0.15, 0.2) is 11.5 Å². The molecule has 33 heavy (non-hydrogen) atoms. The number of carbonyl (C=O) groups is 3. The molecule has 0 fully saturated rings. The molecule has 170 valence electrons. The van der Waals surface area contributed by atoms with Crippen molar-refractivity contribution in [3.8, 4) is 11.1 Å². The van der Waals surface area contributed by atoms with E-state index in [2.05, 4.69) is 10.6 Å². The summed E-state index contributed by atoms with van der Waals surface area (Å²) in [6, 6.07) is 16.7. The summed E-state index contributed by atoms with van der Waals surface area (Å²) < 4.78 is 25.4. The number of amides is 2. The fraction of sp³-hybridized carbons (Fsp3) is 0.0870. The third-order valence-corrected chi connectivity index (χ3v) is 5.80. The predicted octanol–water partition coefficient (Wildman–Crippen LogP) is 4.17. The lowest BCUT2D eigenvalue weighted by Gasteiger charge is -2.13. The Hall–Kier alpha value is -3.40. The number of halogens is 2. The molecule has 7 nitrogen and oxygen atoms in total. The number of carboxylic acid groups (broad SMARTS) is 1. The van der Waals surface area contributed by atoms with Gasteiger partial charge in [0.2, 0.25) is 0 Å². The summed E-state index contributed by atoms with van der Waals surface area (Å²) in [6.07, 6.45) is 0. The van der Waals surface area contributed by atoms with Crippen LogP contribution < -0.4 is 10.6 Å². The molecule has 0 saturated carbocycles. The minimum absolute atomic E-state index is 0.0101. The van der Waals surface area contributed by atoms with Gasteiger partial charge in [-0.05, 0) is 64.8 Å². The average Bonchev–Trinajstić information content (AvgIpc) is 2.75. The molecule has 0 aliphatic rings. The number of carboxylic acids is 1. The third-order valence-electron chi connectivity index (χ3n) is 4.39. The standard InChI is InChI=1S/C23H18ClFN2O5S/c24-16-6-9-20(19(11-16)23(30)31)27-22(29)13-33(32)12-21(28)26-18-3-1-2-15(10-18)14-4-7-17(25)8-5-14/h1-11H,12-13H2,(H,26,28)(H,27,29)(H,30,31). The lowest BCUT2D eigenvalue weighted by molar-refractivity contribution is -0.114. The highest BCUT2D eigenvalue weighted by atomic mass is 35.5. The summed E-state index contributed by atoms with van der Waals surface area (Å²) in [7, 11) is 0. The van der Waals surface area contributed by atoms with Crippen molar-refractivity contribution in [2.24, 2.45) is 0 Å². The number of benzene rings is 3. The van der Waals surface area contributed by atoms with E-state index < -0.39 is 40.5 Å². The summed E-state index contributed by atoms with van der Waals surface area (Å²) in [5.41, 5.74) is 1.77. The van der Waals surface area contributed by atoms with Gasteiger partial charge in [0.05, 0.1) is 11.3 Å². The van der Waals surface area contributed by atoms with E-state index in [1.165, 1.54) is 30.3 Å². The molecule has 3 aromatic carbocycles. The topological polar surface area (TPSA) is 119 Å². The van der Waals surface area contributed by atoms with Gasteiger partial charge in [-0.25, -0.2) is 9.18 Å². The molecule has 1 unspecified atom stereocenters. The highest BCUT2D eigenvalue weighted by molar-refractivity contribution is 7.92. The Labute approximate surface area is 196 Å². The quantitative estimate of drug-likeness (QED) is 0.411. The maximum absolute atomic E-state index is 13.1. The molecule has 2 amide bonds. The van der Waals surface area contributed by atoms with Crippen molar-refractivity contribution in [3.63, 3.8) is 0 Å². The molecule has 3 rings (SSSR count). The summed E-state index contributed by atoms with van der Waals surface area (Å²) in [5.74, 6) is -3.83. The molecule has 0 saturated heterocycles. The highest BCUT2D eigenvalue weighted by Gasteiger charge is 2.20. The van der Waals surface area contributed by atoms with Gasteiger partial charge in [0.1, 0.15) is 5.82 Å².